The van der Waals surface area contributed by atoms with Gasteiger partial charge in [-0.25, -0.2) is 9.38 Å². The zero-order valence-corrected chi connectivity index (χ0v) is 42.9. The minimum absolute atomic E-state index is 0.00783. The number of benzene rings is 1. The van der Waals surface area contributed by atoms with E-state index in [0.717, 1.165) is 57.1 Å². The van der Waals surface area contributed by atoms with Crippen LogP contribution < -0.4 is 5.32 Å². The molecule has 3 amide bonds. The van der Waals surface area contributed by atoms with Gasteiger partial charge in [0.15, 0.2) is 11.8 Å². The first kappa shape index (κ1) is 55.4. The predicted molar refractivity (Wildman–Crippen MR) is 264 cm³/mol. The molecule has 7 unspecified atom stereocenters. The highest BCUT2D eigenvalue weighted by Gasteiger charge is 2.49. The van der Waals surface area contributed by atoms with Crippen LogP contribution in [0, 0.1) is 11.8 Å². The lowest BCUT2D eigenvalue weighted by Crippen LogP contribution is -2.60. The number of unbranched alkanes of at least 4 members (excludes halogenated alkanes) is 2. The van der Waals surface area contributed by atoms with Crippen LogP contribution in [0.25, 0.3) is 0 Å². The van der Waals surface area contributed by atoms with Crippen molar-refractivity contribution in [2.75, 3.05) is 87.3 Å². The number of halogens is 1. The Bertz CT molecular complexity index is 1890. The highest BCUT2D eigenvalue weighted by molar-refractivity contribution is 7.53. The maximum absolute atomic E-state index is 17.2. The van der Waals surface area contributed by atoms with E-state index in [4.69, 9.17) is 9.73 Å². The molecule has 4 rings (SSSR count). The number of amides is 3. The molecule has 0 saturated carbocycles. The van der Waals surface area contributed by atoms with Crippen molar-refractivity contribution in [3.05, 3.63) is 59.3 Å². The van der Waals surface area contributed by atoms with Gasteiger partial charge in [0, 0.05) is 105 Å². The number of aldehydes is 1. The van der Waals surface area contributed by atoms with E-state index >= 15 is 4.39 Å². The number of carbonyl (C=O) groups is 5. The molecule has 2 fully saturated rings. The number of carbonyl (C=O) groups excluding carboxylic acids is 5. The fourth-order valence-electron chi connectivity index (χ4n) is 10.0. The second-order valence-electron chi connectivity index (χ2n) is 19.0. The number of likely N-dealkylation sites (N-methyl/N-ethyl adjacent to an activating group) is 2. The number of nitrogens with one attached hydrogen (secondary N) is 1. The average Bonchev–Trinajstić information content (AvgIpc) is 3.76. The molecule has 374 valence electrons. The molecule has 0 bridgehead atoms. The van der Waals surface area contributed by atoms with E-state index in [0.29, 0.717) is 57.8 Å². The summed E-state index contributed by atoms with van der Waals surface area (Å²) in [7, 11) is 7.12. The SMILES string of the molecule is CCC(C)C(C1CC(N2CCCC2C(OC)C(C)(F)N[C@@H](Cc2ccccc2)P(O)CC(C)=O)=C1C)N(C)C(=O)CN=C(N(C)C)N1CCN(C(=O)CCCCCN(C)C(=O)/C=C\C=O)CC1. The fourth-order valence-corrected chi connectivity index (χ4v) is 11.5. The molecule has 0 radical (unpaired) electrons. The maximum atomic E-state index is 17.2. The molecule has 2 aliphatic heterocycles. The summed E-state index contributed by atoms with van der Waals surface area (Å²) in [5.41, 5.74) is 3.32. The van der Waals surface area contributed by atoms with Crippen LogP contribution >= 0.6 is 8.15 Å². The van der Waals surface area contributed by atoms with Gasteiger partial charge in [-0.3, -0.25) is 29.3 Å². The predicted octanol–water partition coefficient (Wildman–Crippen LogP) is 5.29. The summed E-state index contributed by atoms with van der Waals surface area (Å²) in [5.74, 6) is -1.95. The third-order valence-electron chi connectivity index (χ3n) is 13.9. The smallest absolute Gasteiger partial charge is 0.246 e. The summed E-state index contributed by atoms with van der Waals surface area (Å²) in [6.07, 6.45) is 8.54. The van der Waals surface area contributed by atoms with Gasteiger partial charge in [-0.2, -0.15) is 0 Å². The summed E-state index contributed by atoms with van der Waals surface area (Å²) in [6.45, 7) is 13.1. The second-order valence-corrected chi connectivity index (χ2v) is 20.9. The van der Waals surface area contributed by atoms with Crippen molar-refractivity contribution < 1.29 is 38.0 Å². The topological polar surface area (TPSA) is 159 Å². The quantitative estimate of drug-likeness (QED) is 0.0250. The molecule has 1 aromatic rings. The van der Waals surface area contributed by atoms with Crippen LogP contribution in [0.15, 0.2) is 58.7 Å². The number of Topliss-reactive ketones (excluding diaryl/α,β-unsaturated/α-hetero) is 1. The van der Waals surface area contributed by atoms with Gasteiger partial charge < -0.3 is 39.0 Å². The molecule has 8 atom stereocenters. The van der Waals surface area contributed by atoms with Crippen molar-refractivity contribution in [3.63, 3.8) is 0 Å². The van der Waals surface area contributed by atoms with Gasteiger partial charge in [-0.05, 0) is 82.4 Å². The van der Waals surface area contributed by atoms with Gasteiger partial charge in [0.25, 0.3) is 0 Å². The van der Waals surface area contributed by atoms with E-state index < -0.39 is 25.8 Å². The summed E-state index contributed by atoms with van der Waals surface area (Å²) < 4.78 is 23.2. The van der Waals surface area contributed by atoms with E-state index in [9.17, 15) is 28.9 Å². The minimum atomic E-state index is -2.02. The Labute approximate surface area is 401 Å². The number of guanidine groups is 1. The van der Waals surface area contributed by atoms with Crippen LogP contribution in [-0.2, 0) is 35.1 Å². The van der Waals surface area contributed by atoms with Crippen LogP contribution in [0.2, 0.25) is 0 Å². The molecule has 2 heterocycles. The number of allylic oxidation sites excluding steroid dienone is 2. The van der Waals surface area contributed by atoms with Crippen LogP contribution in [0.4, 0.5) is 4.39 Å². The number of ether oxygens (including phenoxy) is 1. The van der Waals surface area contributed by atoms with Crippen LogP contribution in [-0.4, -0.2) is 187 Å². The Hall–Kier alpha value is -4.24. The molecular formula is C50H80FN8O7P. The van der Waals surface area contributed by atoms with Crippen LogP contribution in [0.5, 0.6) is 0 Å². The van der Waals surface area contributed by atoms with Crippen molar-refractivity contribution >= 4 is 43.9 Å². The molecule has 15 nitrogen and oxygen atoms in total. The number of ketones is 1. The Morgan fingerprint density at radius 1 is 1.04 bits per heavy atom. The first-order chi connectivity index (χ1) is 31.8. The fraction of sp³-hybridized carbons (Fsp3) is 0.680. The molecule has 67 heavy (non-hydrogen) atoms. The van der Waals surface area contributed by atoms with Crippen molar-refractivity contribution in [1.29, 1.82) is 0 Å². The maximum Gasteiger partial charge on any atom is 0.246 e. The molecule has 0 spiro atoms. The van der Waals surface area contributed by atoms with Crippen molar-refractivity contribution in [2.45, 2.75) is 122 Å². The van der Waals surface area contributed by atoms with E-state index in [1.807, 2.05) is 66.2 Å². The van der Waals surface area contributed by atoms with E-state index in [-0.39, 0.29) is 60.1 Å². The molecule has 2 saturated heterocycles. The molecule has 1 aliphatic carbocycles. The zero-order chi connectivity index (χ0) is 49.4. The van der Waals surface area contributed by atoms with Crippen LogP contribution in [0.1, 0.15) is 91.5 Å². The van der Waals surface area contributed by atoms with Crippen LogP contribution in [0.3, 0.4) is 0 Å². The van der Waals surface area contributed by atoms with E-state index in [1.165, 1.54) is 44.4 Å². The highest BCUT2D eigenvalue weighted by atomic mass is 31.1. The monoisotopic (exact) mass is 955 g/mol. The van der Waals surface area contributed by atoms with Crippen molar-refractivity contribution in [3.8, 4) is 0 Å². The first-order valence-corrected chi connectivity index (χ1v) is 25.7. The minimum Gasteiger partial charge on any atom is -0.375 e. The van der Waals surface area contributed by atoms with Gasteiger partial charge >= 0.3 is 0 Å². The zero-order valence-electron chi connectivity index (χ0n) is 42.0. The molecule has 2 N–H and O–H groups in total. The molecular weight excluding hydrogens is 875 g/mol. The van der Waals surface area contributed by atoms with Crippen molar-refractivity contribution in [2.24, 2.45) is 16.8 Å². The third kappa shape index (κ3) is 15.4. The number of hydrogen-bond donors (Lipinski definition) is 2. The Morgan fingerprint density at radius 2 is 1.72 bits per heavy atom. The number of aliphatic imine (C=N–C) groups is 1. The summed E-state index contributed by atoms with van der Waals surface area (Å²) >= 11 is 0. The molecule has 17 heteroatoms. The van der Waals surface area contributed by atoms with Crippen molar-refractivity contribution in [1.82, 2.24) is 34.7 Å². The molecule has 3 aliphatic rings. The summed E-state index contributed by atoms with van der Waals surface area (Å²) in [6, 6.07) is 9.30. The Kier molecular flexibility index (Phi) is 21.9. The van der Waals surface area contributed by atoms with Gasteiger partial charge in [0.1, 0.15) is 24.7 Å². The van der Waals surface area contributed by atoms with E-state index in [1.54, 1.807) is 11.9 Å². The number of rotatable bonds is 25. The average molecular weight is 955 g/mol. The lowest BCUT2D eigenvalue weighted by atomic mass is 9.71. The highest BCUT2D eigenvalue weighted by Crippen LogP contribution is 2.47. The number of hydrogen-bond acceptors (Lipinski definition) is 10. The van der Waals surface area contributed by atoms with Gasteiger partial charge in [-0.1, -0.05) is 57.0 Å². The number of methoxy groups -OCH3 is 1. The normalized spacial score (nSPS) is 21.0. The summed E-state index contributed by atoms with van der Waals surface area (Å²) in [4.78, 5) is 89.4. The standard InChI is InChI=1S/C50H80FN8O7P/c1-11-36(2)47(56(9)46(64)34-52-49(54(6)7)58-29-27-57(28-30-58)45(63)23-16-13-17-25-55(8)44(62)24-19-31-60)40-33-42(38(40)4)59-26-18-22-41(59)48(66-10)50(5,51)53-43(67(65)35-37(3)61)32-39-20-14-12-15-21-39/h12,14-15,19-21,24,31,36,40-41,43,47-48,53,65H,11,13,16-18,22-23,25-30,32-35H2,1-10H3/b24-19-,52-49?/t36?,40?,41?,43-,47?,48?,50?,67?/m1/s1. The lowest BCUT2D eigenvalue weighted by molar-refractivity contribution is -0.133. The lowest BCUT2D eigenvalue weighted by Gasteiger charge is -2.49. The molecule has 1 aromatic carbocycles. The third-order valence-corrected chi connectivity index (χ3v) is 15.7. The van der Waals surface area contributed by atoms with Gasteiger partial charge in [0.05, 0.1) is 26.1 Å². The largest absolute Gasteiger partial charge is 0.375 e. The summed E-state index contributed by atoms with van der Waals surface area (Å²) in [5, 5.41) is 3.13. The number of nitrogens with zero attached hydrogens (tertiary/aromatic N) is 7. The first-order valence-electron chi connectivity index (χ1n) is 24.2. The Balaban J connectivity index is 1.37. The second kappa shape index (κ2) is 26.5. The van der Waals surface area contributed by atoms with Gasteiger partial charge in [-0.15, -0.1) is 0 Å². The van der Waals surface area contributed by atoms with Gasteiger partial charge in [0.2, 0.25) is 17.7 Å². The molecule has 0 aromatic heterocycles. The Morgan fingerprint density at radius 3 is 2.31 bits per heavy atom. The van der Waals surface area contributed by atoms with E-state index in [2.05, 4.69) is 35.9 Å². The number of piperazine rings is 1. The number of alkyl halides is 1. The number of likely N-dealkylation sites (tertiary alicyclic amines) is 1.